The van der Waals surface area contributed by atoms with Crippen LogP contribution in [0.3, 0.4) is 0 Å². The molecule has 0 atom stereocenters. The van der Waals surface area contributed by atoms with Crippen LogP contribution in [0.2, 0.25) is 0 Å². The predicted molar refractivity (Wildman–Crippen MR) is 65.6 cm³/mol. The number of aromatic nitrogens is 2. The molecule has 0 unspecified atom stereocenters. The summed E-state index contributed by atoms with van der Waals surface area (Å²) in [5.74, 6) is -0.233. The fourth-order valence-corrected chi connectivity index (χ4v) is 1.66. The Hall–Kier alpha value is -1.68. The highest BCUT2D eigenvalue weighted by atomic mass is 19.1. The number of rotatable bonds is 4. The molecular weight excluding hydrogens is 217 g/mol. The largest absolute Gasteiger partial charge is 0.311 e. The Labute approximate surface area is 100 Å². The van der Waals surface area contributed by atoms with Gasteiger partial charge in [0, 0.05) is 12.7 Å². The van der Waals surface area contributed by atoms with Crippen molar-refractivity contribution in [3.05, 3.63) is 47.8 Å². The Balaban J connectivity index is 2.27. The highest BCUT2D eigenvalue weighted by Gasteiger charge is 2.06. The molecule has 1 aromatic heterocycles. The molecule has 17 heavy (non-hydrogen) atoms. The van der Waals surface area contributed by atoms with Gasteiger partial charge in [0.25, 0.3) is 0 Å². The SMILES string of the molecule is CCNCc1cn(-c2cc(C)ccc2F)cn1. The summed E-state index contributed by atoms with van der Waals surface area (Å²) in [6.07, 6.45) is 3.49. The van der Waals surface area contributed by atoms with E-state index < -0.39 is 0 Å². The van der Waals surface area contributed by atoms with Crippen LogP contribution in [0.5, 0.6) is 0 Å². The lowest BCUT2D eigenvalue weighted by Gasteiger charge is -2.04. The normalized spacial score (nSPS) is 10.8. The number of aryl methyl sites for hydroxylation is 1. The van der Waals surface area contributed by atoms with Crippen LogP contribution in [0.25, 0.3) is 5.69 Å². The van der Waals surface area contributed by atoms with Crippen LogP contribution in [0.1, 0.15) is 18.2 Å². The van der Waals surface area contributed by atoms with Gasteiger partial charge < -0.3 is 9.88 Å². The Morgan fingerprint density at radius 3 is 3.00 bits per heavy atom. The Morgan fingerprint density at radius 1 is 1.41 bits per heavy atom. The number of benzene rings is 1. The topological polar surface area (TPSA) is 29.9 Å². The van der Waals surface area contributed by atoms with E-state index in [-0.39, 0.29) is 5.82 Å². The van der Waals surface area contributed by atoms with Gasteiger partial charge in [-0.05, 0) is 31.2 Å². The predicted octanol–water partition coefficient (Wildman–Crippen LogP) is 2.43. The first kappa shape index (κ1) is 11.8. The number of nitrogens with zero attached hydrogens (tertiary/aromatic N) is 2. The fourth-order valence-electron chi connectivity index (χ4n) is 1.66. The van der Waals surface area contributed by atoms with Crippen LogP contribution < -0.4 is 5.32 Å². The molecule has 3 nitrogen and oxygen atoms in total. The molecule has 90 valence electrons. The molecule has 0 bridgehead atoms. The molecule has 0 aliphatic carbocycles. The van der Waals surface area contributed by atoms with E-state index in [0.717, 1.165) is 17.8 Å². The van der Waals surface area contributed by atoms with Crippen LogP contribution >= 0.6 is 0 Å². The summed E-state index contributed by atoms with van der Waals surface area (Å²) in [4.78, 5) is 4.23. The van der Waals surface area contributed by atoms with E-state index in [2.05, 4.69) is 10.3 Å². The molecule has 4 heteroatoms. The first-order valence-electron chi connectivity index (χ1n) is 5.71. The molecule has 1 heterocycles. The summed E-state index contributed by atoms with van der Waals surface area (Å²) in [7, 11) is 0. The maximum atomic E-state index is 13.7. The minimum atomic E-state index is -0.233. The highest BCUT2D eigenvalue weighted by Crippen LogP contribution is 2.15. The van der Waals surface area contributed by atoms with Gasteiger partial charge in [-0.25, -0.2) is 9.37 Å². The van der Waals surface area contributed by atoms with Crippen molar-refractivity contribution in [2.75, 3.05) is 6.54 Å². The van der Waals surface area contributed by atoms with Gasteiger partial charge in [-0.1, -0.05) is 13.0 Å². The van der Waals surface area contributed by atoms with E-state index in [1.54, 1.807) is 17.0 Å². The van der Waals surface area contributed by atoms with Crippen molar-refractivity contribution in [3.8, 4) is 5.69 Å². The van der Waals surface area contributed by atoms with E-state index in [1.807, 2.05) is 26.1 Å². The van der Waals surface area contributed by atoms with Crippen molar-refractivity contribution < 1.29 is 4.39 Å². The molecule has 0 spiro atoms. The number of nitrogens with one attached hydrogen (secondary N) is 1. The van der Waals surface area contributed by atoms with Gasteiger partial charge in [0.2, 0.25) is 0 Å². The van der Waals surface area contributed by atoms with Gasteiger partial charge >= 0.3 is 0 Å². The lowest BCUT2D eigenvalue weighted by Crippen LogP contribution is -2.11. The minimum Gasteiger partial charge on any atom is -0.311 e. The zero-order valence-corrected chi connectivity index (χ0v) is 10.1. The van der Waals surface area contributed by atoms with Crippen molar-refractivity contribution in [2.24, 2.45) is 0 Å². The maximum absolute atomic E-state index is 13.7. The van der Waals surface area contributed by atoms with Gasteiger partial charge in [0.1, 0.15) is 5.82 Å². The molecule has 0 radical (unpaired) electrons. The molecule has 1 aromatic carbocycles. The monoisotopic (exact) mass is 233 g/mol. The zero-order chi connectivity index (χ0) is 12.3. The summed E-state index contributed by atoms with van der Waals surface area (Å²) in [6.45, 7) is 5.58. The molecule has 2 rings (SSSR count). The van der Waals surface area contributed by atoms with E-state index >= 15 is 0 Å². The van der Waals surface area contributed by atoms with Gasteiger partial charge in [0.05, 0.1) is 17.7 Å². The first-order valence-corrected chi connectivity index (χ1v) is 5.71. The molecule has 0 amide bonds. The Kier molecular flexibility index (Phi) is 3.54. The third-order valence-corrected chi connectivity index (χ3v) is 2.57. The molecule has 0 aliphatic heterocycles. The van der Waals surface area contributed by atoms with Crippen LogP contribution in [0.15, 0.2) is 30.7 Å². The van der Waals surface area contributed by atoms with Crippen LogP contribution in [-0.4, -0.2) is 16.1 Å². The molecule has 1 N–H and O–H groups in total. The molecule has 0 aliphatic rings. The highest BCUT2D eigenvalue weighted by molar-refractivity contribution is 5.37. The van der Waals surface area contributed by atoms with Crippen molar-refractivity contribution >= 4 is 0 Å². The Bertz CT molecular complexity index is 505. The second kappa shape index (κ2) is 5.10. The summed E-state index contributed by atoms with van der Waals surface area (Å²) >= 11 is 0. The maximum Gasteiger partial charge on any atom is 0.147 e. The van der Waals surface area contributed by atoms with Gasteiger partial charge in [-0.15, -0.1) is 0 Å². The summed E-state index contributed by atoms with van der Waals surface area (Å²) in [5, 5.41) is 3.19. The molecule has 0 saturated carbocycles. The van der Waals surface area contributed by atoms with Crippen molar-refractivity contribution in [2.45, 2.75) is 20.4 Å². The van der Waals surface area contributed by atoms with E-state index in [4.69, 9.17) is 0 Å². The number of hydrogen-bond acceptors (Lipinski definition) is 2. The standard InChI is InChI=1S/C13H16FN3/c1-3-15-7-11-8-17(9-16-11)13-6-10(2)4-5-12(13)14/h4-6,8-9,15H,3,7H2,1-2H3. The zero-order valence-electron chi connectivity index (χ0n) is 10.1. The third-order valence-electron chi connectivity index (χ3n) is 2.57. The average Bonchev–Trinajstić information content (AvgIpc) is 2.78. The van der Waals surface area contributed by atoms with Crippen molar-refractivity contribution in [3.63, 3.8) is 0 Å². The number of hydrogen-bond donors (Lipinski definition) is 1. The van der Waals surface area contributed by atoms with Crippen LogP contribution in [0.4, 0.5) is 4.39 Å². The summed E-state index contributed by atoms with van der Waals surface area (Å²) < 4.78 is 15.4. The second-order valence-electron chi connectivity index (χ2n) is 4.01. The van der Waals surface area contributed by atoms with Gasteiger partial charge in [-0.3, -0.25) is 0 Å². The van der Waals surface area contributed by atoms with Crippen LogP contribution in [0, 0.1) is 12.7 Å². The lowest BCUT2D eigenvalue weighted by atomic mass is 10.2. The van der Waals surface area contributed by atoms with Gasteiger partial charge in [0.15, 0.2) is 0 Å². The molecular formula is C13H16FN3. The van der Waals surface area contributed by atoms with Crippen molar-refractivity contribution in [1.29, 1.82) is 0 Å². The fraction of sp³-hybridized carbons (Fsp3) is 0.308. The summed E-state index contributed by atoms with van der Waals surface area (Å²) in [6, 6.07) is 5.05. The number of halogens is 1. The van der Waals surface area contributed by atoms with Gasteiger partial charge in [-0.2, -0.15) is 0 Å². The van der Waals surface area contributed by atoms with E-state index in [1.165, 1.54) is 6.07 Å². The summed E-state index contributed by atoms with van der Waals surface area (Å²) in [5.41, 5.74) is 2.48. The molecule has 0 saturated heterocycles. The van der Waals surface area contributed by atoms with E-state index in [9.17, 15) is 4.39 Å². The van der Waals surface area contributed by atoms with E-state index in [0.29, 0.717) is 12.2 Å². The minimum absolute atomic E-state index is 0.233. The first-order chi connectivity index (χ1) is 8.20. The smallest absolute Gasteiger partial charge is 0.147 e. The molecule has 2 aromatic rings. The molecule has 0 fully saturated rings. The number of imidazole rings is 1. The second-order valence-corrected chi connectivity index (χ2v) is 4.01. The Morgan fingerprint density at radius 2 is 2.24 bits per heavy atom. The lowest BCUT2D eigenvalue weighted by molar-refractivity contribution is 0.617. The van der Waals surface area contributed by atoms with Crippen LogP contribution in [-0.2, 0) is 6.54 Å². The average molecular weight is 233 g/mol. The quantitative estimate of drug-likeness (QED) is 0.879. The van der Waals surface area contributed by atoms with Crippen molar-refractivity contribution in [1.82, 2.24) is 14.9 Å². The third kappa shape index (κ3) is 2.71.